The number of alkyl halides is 3. The number of nitrogens with zero attached hydrogens (tertiary/aromatic N) is 2. The second-order valence-electron chi connectivity index (χ2n) is 5.45. The molecular formula is C15H13F3N4O2S. The molecule has 1 aromatic heterocycles. The van der Waals surface area contributed by atoms with Crippen LogP contribution in [0.4, 0.5) is 18.0 Å². The van der Waals surface area contributed by atoms with Crippen molar-refractivity contribution in [2.45, 2.75) is 30.1 Å². The summed E-state index contributed by atoms with van der Waals surface area (Å²) in [5, 5.41) is 5.18. The minimum absolute atomic E-state index is 0.0377. The van der Waals surface area contributed by atoms with Gasteiger partial charge in [0.1, 0.15) is 5.03 Å². The van der Waals surface area contributed by atoms with E-state index in [0.29, 0.717) is 5.39 Å². The Labute approximate surface area is 144 Å². The van der Waals surface area contributed by atoms with Crippen molar-refractivity contribution in [3.8, 4) is 0 Å². The first-order valence-corrected chi connectivity index (χ1v) is 8.38. The summed E-state index contributed by atoms with van der Waals surface area (Å²) >= 11 is 0.822. The number of hydrogen-bond donors (Lipinski definition) is 2. The smallest absolute Gasteiger partial charge is 0.335 e. The molecule has 1 saturated carbocycles. The Hall–Kier alpha value is -2.36. The number of hydrogen-bond acceptors (Lipinski definition) is 5. The second-order valence-corrected chi connectivity index (χ2v) is 6.42. The van der Waals surface area contributed by atoms with Crippen molar-refractivity contribution in [1.82, 2.24) is 20.6 Å². The van der Waals surface area contributed by atoms with Gasteiger partial charge in [-0.2, -0.15) is 13.2 Å². The Bertz CT molecular complexity index is 824. The molecule has 6 nitrogen and oxygen atoms in total. The van der Waals surface area contributed by atoms with Crippen LogP contribution < -0.4 is 10.6 Å². The number of imide groups is 1. The van der Waals surface area contributed by atoms with Gasteiger partial charge in [-0.05, 0) is 18.9 Å². The largest absolute Gasteiger partial charge is 0.451 e. The molecule has 0 bridgehead atoms. The normalized spacial score (nSPS) is 14.4. The van der Waals surface area contributed by atoms with Crippen molar-refractivity contribution >= 4 is 34.6 Å². The molecule has 2 aromatic rings. The summed E-state index contributed by atoms with van der Waals surface area (Å²) in [7, 11) is 0. The molecular weight excluding hydrogens is 357 g/mol. The van der Waals surface area contributed by atoms with Gasteiger partial charge in [0.15, 0.2) is 0 Å². The van der Waals surface area contributed by atoms with E-state index in [1.807, 2.05) is 0 Å². The van der Waals surface area contributed by atoms with Crippen molar-refractivity contribution in [2.24, 2.45) is 0 Å². The highest BCUT2D eigenvalue weighted by Gasteiger charge is 2.35. The van der Waals surface area contributed by atoms with Gasteiger partial charge in [-0.1, -0.05) is 30.0 Å². The van der Waals surface area contributed by atoms with Crippen molar-refractivity contribution in [3.63, 3.8) is 0 Å². The molecule has 0 aliphatic heterocycles. The number of benzene rings is 1. The van der Waals surface area contributed by atoms with Crippen molar-refractivity contribution in [1.29, 1.82) is 0 Å². The van der Waals surface area contributed by atoms with E-state index in [4.69, 9.17) is 0 Å². The third kappa shape index (κ3) is 4.59. The number of amides is 3. The predicted molar refractivity (Wildman–Crippen MR) is 85.0 cm³/mol. The molecule has 0 radical (unpaired) electrons. The predicted octanol–water partition coefficient (Wildman–Crippen LogP) is 2.73. The van der Waals surface area contributed by atoms with E-state index >= 15 is 0 Å². The molecule has 1 heterocycles. The molecule has 1 aliphatic rings. The summed E-state index contributed by atoms with van der Waals surface area (Å²) in [6.45, 7) is 0. The van der Waals surface area contributed by atoms with E-state index in [-0.39, 0.29) is 22.3 Å². The Morgan fingerprint density at radius 3 is 2.60 bits per heavy atom. The highest BCUT2D eigenvalue weighted by Crippen LogP contribution is 2.31. The van der Waals surface area contributed by atoms with Crippen LogP contribution >= 0.6 is 11.8 Å². The lowest BCUT2D eigenvalue weighted by molar-refractivity contribution is -0.145. The molecule has 3 amide bonds. The Kier molecular flexibility index (Phi) is 4.80. The maximum atomic E-state index is 12.9. The van der Waals surface area contributed by atoms with E-state index in [0.717, 1.165) is 24.6 Å². The summed E-state index contributed by atoms with van der Waals surface area (Å²) in [6.07, 6.45) is -2.93. The third-order valence-corrected chi connectivity index (χ3v) is 4.32. The molecule has 0 unspecified atom stereocenters. The van der Waals surface area contributed by atoms with Gasteiger partial charge in [0, 0.05) is 11.4 Å². The quantitative estimate of drug-likeness (QED) is 0.639. The number of para-hydroxylation sites is 1. The first-order valence-electron chi connectivity index (χ1n) is 7.40. The molecule has 10 heteroatoms. The lowest BCUT2D eigenvalue weighted by Crippen LogP contribution is -2.41. The zero-order chi connectivity index (χ0) is 18.0. The fourth-order valence-electron chi connectivity index (χ4n) is 2.03. The minimum Gasteiger partial charge on any atom is -0.335 e. The molecule has 3 rings (SSSR count). The first kappa shape index (κ1) is 17.5. The number of carbonyl (C=O) groups excluding carboxylic acids is 2. The number of urea groups is 1. The zero-order valence-corrected chi connectivity index (χ0v) is 13.6. The number of aromatic nitrogens is 2. The Balaban J connectivity index is 1.73. The van der Waals surface area contributed by atoms with E-state index < -0.39 is 23.9 Å². The van der Waals surface area contributed by atoms with Crippen molar-refractivity contribution < 1.29 is 22.8 Å². The van der Waals surface area contributed by atoms with Gasteiger partial charge >= 0.3 is 12.2 Å². The molecule has 1 aliphatic carbocycles. The second kappa shape index (κ2) is 6.87. The highest BCUT2D eigenvalue weighted by atomic mass is 32.2. The van der Waals surface area contributed by atoms with Crippen LogP contribution in [0, 0.1) is 0 Å². The monoisotopic (exact) mass is 370 g/mol. The third-order valence-electron chi connectivity index (χ3n) is 3.33. The van der Waals surface area contributed by atoms with E-state index in [9.17, 15) is 22.8 Å². The van der Waals surface area contributed by atoms with E-state index in [1.54, 1.807) is 18.2 Å². The lowest BCUT2D eigenvalue weighted by Gasteiger charge is -2.10. The maximum Gasteiger partial charge on any atom is 0.451 e. The van der Waals surface area contributed by atoms with Gasteiger partial charge in [-0.15, -0.1) is 0 Å². The standard InChI is InChI=1S/C15H13F3N4O2S/c16-15(17,18)13-20-10-4-2-1-3-9(10)12(22-13)25-7-11(23)21-14(24)19-8-5-6-8/h1-4,8H,5-7H2,(H2,19,21,23,24). The summed E-state index contributed by atoms with van der Waals surface area (Å²) < 4.78 is 38.8. The molecule has 25 heavy (non-hydrogen) atoms. The lowest BCUT2D eigenvalue weighted by atomic mass is 10.2. The fourth-order valence-corrected chi connectivity index (χ4v) is 2.85. The first-order chi connectivity index (χ1) is 11.8. The van der Waals surface area contributed by atoms with Gasteiger partial charge in [-0.25, -0.2) is 14.8 Å². The van der Waals surface area contributed by atoms with Crippen LogP contribution in [-0.2, 0) is 11.0 Å². The number of carbonyl (C=O) groups is 2. The number of thioether (sulfide) groups is 1. The zero-order valence-electron chi connectivity index (χ0n) is 12.8. The minimum atomic E-state index is -4.69. The van der Waals surface area contributed by atoms with Crippen LogP contribution in [0.5, 0.6) is 0 Å². The summed E-state index contributed by atoms with van der Waals surface area (Å²) in [6, 6.07) is 5.73. The molecule has 0 atom stereocenters. The van der Waals surface area contributed by atoms with Crippen LogP contribution in [0.15, 0.2) is 29.3 Å². The van der Waals surface area contributed by atoms with Gasteiger partial charge in [0.2, 0.25) is 11.7 Å². The highest BCUT2D eigenvalue weighted by molar-refractivity contribution is 8.00. The van der Waals surface area contributed by atoms with Crippen LogP contribution in [0.2, 0.25) is 0 Å². The number of halogens is 3. The van der Waals surface area contributed by atoms with Gasteiger partial charge < -0.3 is 5.32 Å². The molecule has 2 N–H and O–H groups in total. The van der Waals surface area contributed by atoms with Crippen LogP contribution in [0.1, 0.15) is 18.7 Å². The molecule has 132 valence electrons. The van der Waals surface area contributed by atoms with Gasteiger partial charge in [0.25, 0.3) is 0 Å². The summed E-state index contributed by atoms with van der Waals surface area (Å²) in [4.78, 5) is 30.3. The topological polar surface area (TPSA) is 84.0 Å². The SMILES string of the molecule is O=C(CSc1nc(C(F)(F)F)nc2ccccc12)NC(=O)NC1CC1. The van der Waals surface area contributed by atoms with Crippen LogP contribution in [0.3, 0.4) is 0 Å². The number of rotatable bonds is 4. The molecule has 1 aromatic carbocycles. The van der Waals surface area contributed by atoms with E-state index in [2.05, 4.69) is 20.6 Å². The molecule has 0 saturated heterocycles. The fraction of sp³-hybridized carbons (Fsp3) is 0.333. The summed E-state index contributed by atoms with van der Waals surface area (Å²) in [5.41, 5.74) is 0.138. The van der Waals surface area contributed by atoms with Crippen LogP contribution in [-0.4, -0.2) is 33.7 Å². The molecule has 0 spiro atoms. The summed E-state index contributed by atoms with van der Waals surface area (Å²) in [5.74, 6) is -2.11. The van der Waals surface area contributed by atoms with Gasteiger partial charge in [0.05, 0.1) is 11.3 Å². The average Bonchev–Trinajstić information content (AvgIpc) is 3.35. The number of nitrogens with one attached hydrogen (secondary N) is 2. The average molecular weight is 370 g/mol. The van der Waals surface area contributed by atoms with Gasteiger partial charge in [-0.3, -0.25) is 10.1 Å². The number of fused-ring (bicyclic) bond motifs is 1. The molecule has 1 fully saturated rings. The Morgan fingerprint density at radius 2 is 1.92 bits per heavy atom. The van der Waals surface area contributed by atoms with Crippen molar-refractivity contribution in [2.75, 3.05) is 5.75 Å². The Morgan fingerprint density at radius 1 is 1.20 bits per heavy atom. The van der Waals surface area contributed by atoms with E-state index in [1.165, 1.54) is 6.07 Å². The van der Waals surface area contributed by atoms with Crippen LogP contribution in [0.25, 0.3) is 10.9 Å². The van der Waals surface area contributed by atoms with Crippen molar-refractivity contribution in [3.05, 3.63) is 30.1 Å². The maximum absolute atomic E-state index is 12.9.